The maximum atomic E-state index is 10.9. The third-order valence-electron chi connectivity index (χ3n) is 5.80. The van der Waals surface area contributed by atoms with Gasteiger partial charge in [-0.25, -0.2) is 0 Å². The van der Waals surface area contributed by atoms with E-state index in [1.807, 2.05) is 43.6 Å². The van der Waals surface area contributed by atoms with Crippen LogP contribution < -0.4 is 14.5 Å². The molecule has 0 spiro atoms. The van der Waals surface area contributed by atoms with E-state index in [4.69, 9.17) is 9.84 Å². The molecule has 0 amide bonds. The molecule has 166 valence electrons. The van der Waals surface area contributed by atoms with Gasteiger partial charge in [0.05, 0.1) is 6.10 Å². The third kappa shape index (κ3) is 5.38. The van der Waals surface area contributed by atoms with Crippen LogP contribution in [0.3, 0.4) is 0 Å². The SMILES string of the molecule is CC(CCC(=O)O)Oc1ccc(N2CCN(c3ccncc3)CC2)c(-c2ccccc2)c1. The number of anilines is 2. The number of piperazine rings is 1. The normalized spacial score (nSPS) is 14.8. The summed E-state index contributed by atoms with van der Waals surface area (Å²) in [5.41, 5.74) is 4.67. The molecule has 1 unspecified atom stereocenters. The summed E-state index contributed by atoms with van der Waals surface area (Å²) in [6, 6.07) is 20.7. The van der Waals surface area contributed by atoms with Crippen LogP contribution in [0, 0.1) is 0 Å². The van der Waals surface area contributed by atoms with E-state index in [-0.39, 0.29) is 12.5 Å². The van der Waals surface area contributed by atoms with Crippen molar-refractivity contribution in [3.8, 4) is 16.9 Å². The largest absolute Gasteiger partial charge is 0.491 e. The Bertz CT molecular complexity index is 1020. The lowest BCUT2D eigenvalue weighted by Gasteiger charge is -2.38. The highest BCUT2D eigenvalue weighted by atomic mass is 16.5. The predicted molar refractivity (Wildman–Crippen MR) is 128 cm³/mol. The molecule has 1 fully saturated rings. The number of aromatic nitrogens is 1. The minimum absolute atomic E-state index is 0.104. The van der Waals surface area contributed by atoms with Crippen molar-refractivity contribution in [3.63, 3.8) is 0 Å². The molecule has 1 aliphatic heterocycles. The summed E-state index contributed by atoms with van der Waals surface area (Å²) in [4.78, 5) is 19.8. The van der Waals surface area contributed by atoms with Crippen molar-refractivity contribution in [2.75, 3.05) is 36.0 Å². The molecule has 1 aliphatic rings. The Labute approximate surface area is 189 Å². The minimum atomic E-state index is -0.799. The number of carbonyl (C=O) groups is 1. The van der Waals surface area contributed by atoms with Crippen LogP contribution in [0.4, 0.5) is 11.4 Å². The lowest BCUT2D eigenvalue weighted by molar-refractivity contribution is -0.137. The van der Waals surface area contributed by atoms with E-state index in [9.17, 15) is 4.79 Å². The molecule has 0 radical (unpaired) electrons. The van der Waals surface area contributed by atoms with E-state index in [1.165, 1.54) is 11.4 Å². The topological polar surface area (TPSA) is 65.9 Å². The number of hydrogen-bond donors (Lipinski definition) is 1. The van der Waals surface area contributed by atoms with Gasteiger partial charge in [-0.3, -0.25) is 9.78 Å². The number of rotatable bonds is 8. The molecule has 1 aromatic heterocycles. The first-order valence-electron chi connectivity index (χ1n) is 11.1. The van der Waals surface area contributed by atoms with Gasteiger partial charge in [-0.1, -0.05) is 30.3 Å². The zero-order valence-electron chi connectivity index (χ0n) is 18.4. The molecule has 0 saturated carbocycles. The van der Waals surface area contributed by atoms with Crippen LogP contribution in [0.25, 0.3) is 11.1 Å². The number of carboxylic acid groups (broad SMARTS) is 1. The Hall–Kier alpha value is -3.54. The van der Waals surface area contributed by atoms with E-state index in [1.54, 1.807) is 0 Å². The Balaban J connectivity index is 1.53. The number of aliphatic carboxylic acids is 1. The molecule has 32 heavy (non-hydrogen) atoms. The number of benzene rings is 2. The van der Waals surface area contributed by atoms with Gasteiger partial charge in [-0.05, 0) is 49.2 Å². The summed E-state index contributed by atoms with van der Waals surface area (Å²) < 4.78 is 6.05. The van der Waals surface area contributed by atoms with Gasteiger partial charge in [0, 0.05) is 61.9 Å². The molecule has 0 bridgehead atoms. The molecule has 2 aromatic carbocycles. The number of ether oxygens (including phenoxy) is 1. The van der Waals surface area contributed by atoms with Crippen LogP contribution in [0.2, 0.25) is 0 Å². The van der Waals surface area contributed by atoms with Gasteiger partial charge in [0.25, 0.3) is 0 Å². The summed E-state index contributed by atoms with van der Waals surface area (Å²) in [6.07, 6.45) is 4.10. The lowest BCUT2D eigenvalue weighted by atomic mass is 10.0. The summed E-state index contributed by atoms with van der Waals surface area (Å²) >= 11 is 0. The van der Waals surface area contributed by atoms with Crippen LogP contribution >= 0.6 is 0 Å². The lowest BCUT2D eigenvalue weighted by Crippen LogP contribution is -2.46. The molecule has 1 saturated heterocycles. The molecule has 1 N–H and O–H groups in total. The van der Waals surface area contributed by atoms with Gasteiger partial charge in [0.1, 0.15) is 5.75 Å². The fourth-order valence-corrected chi connectivity index (χ4v) is 4.09. The maximum Gasteiger partial charge on any atom is 0.303 e. The van der Waals surface area contributed by atoms with Crippen molar-refractivity contribution in [2.45, 2.75) is 25.9 Å². The third-order valence-corrected chi connectivity index (χ3v) is 5.80. The highest BCUT2D eigenvalue weighted by Crippen LogP contribution is 2.35. The molecule has 1 atom stereocenters. The van der Waals surface area contributed by atoms with E-state index in [0.717, 1.165) is 43.1 Å². The fraction of sp³-hybridized carbons (Fsp3) is 0.308. The fourth-order valence-electron chi connectivity index (χ4n) is 4.09. The second-order valence-electron chi connectivity index (χ2n) is 8.09. The van der Waals surface area contributed by atoms with Crippen molar-refractivity contribution in [1.82, 2.24) is 4.98 Å². The van der Waals surface area contributed by atoms with Crippen molar-refractivity contribution >= 4 is 17.3 Å². The first-order chi connectivity index (χ1) is 15.6. The molecular weight excluding hydrogens is 402 g/mol. The van der Waals surface area contributed by atoms with E-state index >= 15 is 0 Å². The van der Waals surface area contributed by atoms with Gasteiger partial charge >= 0.3 is 5.97 Å². The van der Waals surface area contributed by atoms with Crippen LogP contribution in [0.15, 0.2) is 73.1 Å². The van der Waals surface area contributed by atoms with Crippen LogP contribution in [0.1, 0.15) is 19.8 Å². The summed E-state index contributed by atoms with van der Waals surface area (Å²) in [5, 5.41) is 8.93. The average molecular weight is 432 g/mol. The Morgan fingerprint density at radius 1 is 1.00 bits per heavy atom. The van der Waals surface area contributed by atoms with Crippen molar-refractivity contribution < 1.29 is 14.6 Å². The average Bonchev–Trinajstić information content (AvgIpc) is 2.84. The van der Waals surface area contributed by atoms with E-state index < -0.39 is 5.97 Å². The standard InChI is InChI=1S/C26H29N3O3/c1-20(7-10-26(30)31)32-23-8-9-25(24(19-23)21-5-3-2-4-6-21)29-17-15-28(16-18-29)22-11-13-27-14-12-22/h2-6,8-9,11-14,19-20H,7,10,15-18H2,1H3,(H,30,31). The van der Waals surface area contributed by atoms with Crippen molar-refractivity contribution in [1.29, 1.82) is 0 Å². The number of carboxylic acids is 1. The molecule has 6 nitrogen and oxygen atoms in total. The molecular formula is C26H29N3O3. The number of hydrogen-bond acceptors (Lipinski definition) is 5. The second-order valence-corrected chi connectivity index (χ2v) is 8.09. The first kappa shape index (κ1) is 21.7. The highest BCUT2D eigenvalue weighted by Gasteiger charge is 2.21. The van der Waals surface area contributed by atoms with Gasteiger partial charge in [0.2, 0.25) is 0 Å². The summed E-state index contributed by atoms with van der Waals surface area (Å²) in [7, 11) is 0. The first-order valence-corrected chi connectivity index (χ1v) is 11.1. The molecule has 2 heterocycles. The van der Waals surface area contributed by atoms with Gasteiger partial charge in [-0.15, -0.1) is 0 Å². The Morgan fingerprint density at radius 3 is 2.38 bits per heavy atom. The zero-order valence-corrected chi connectivity index (χ0v) is 18.4. The van der Waals surface area contributed by atoms with Crippen molar-refractivity contribution in [2.24, 2.45) is 0 Å². The maximum absolute atomic E-state index is 10.9. The van der Waals surface area contributed by atoms with Gasteiger partial charge in [0.15, 0.2) is 0 Å². The zero-order chi connectivity index (χ0) is 22.3. The minimum Gasteiger partial charge on any atom is -0.491 e. The summed E-state index contributed by atoms with van der Waals surface area (Å²) in [6.45, 7) is 5.66. The number of pyridine rings is 1. The van der Waals surface area contributed by atoms with E-state index in [0.29, 0.717) is 6.42 Å². The van der Waals surface area contributed by atoms with Crippen molar-refractivity contribution in [3.05, 3.63) is 73.1 Å². The van der Waals surface area contributed by atoms with Gasteiger partial charge in [-0.2, -0.15) is 0 Å². The highest BCUT2D eigenvalue weighted by molar-refractivity contribution is 5.80. The second kappa shape index (κ2) is 10.2. The number of nitrogens with zero attached hydrogens (tertiary/aromatic N) is 3. The van der Waals surface area contributed by atoms with E-state index in [2.05, 4.69) is 51.2 Å². The van der Waals surface area contributed by atoms with Crippen LogP contribution in [-0.2, 0) is 4.79 Å². The summed E-state index contributed by atoms with van der Waals surface area (Å²) in [5.74, 6) is -0.0346. The van der Waals surface area contributed by atoms with Crippen LogP contribution in [0.5, 0.6) is 5.75 Å². The smallest absolute Gasteiger partial charge is 0.303 e. The molecule has 4 rings (SSSR count). The monoisotopic (exact) mass is 431 g/mol. The Kier molecular flexibility index (Phi) is 6.90. The van der Waals surface area contributed by atoms with Gasteiger partial charge < -0.3 is 19.6 Å². The molecule has 0 aliphatic carbocycles. The predicted octanol–water partition coefficient (Wildman–Crippen LogP) is 4.71. The molecule has 3 aromatic rings. The Morgan fingerprint density at radius 2 is 1.69 bits per heavy atom. The quantitative estimate of drug-likeness (QED) is 0.557. The molecule has 6 heteroatoms. The van der Waals surface area contributed by atoms with Crippen LogP contribution in [-0.4, -0.2) is 48.3 Å².